The predicted octanol–water partition coefficient (Wildman–Crippen LogP) is 3.45. The smallest absolute Gasteiger partial charge is 0.340 e. The van der Waals surface area contributed by atoms with Gasteiger partial charge in [0.15, 0.2) is 0 Å². The average Bonchev–Trinajstić information content (AvgIpc) is 2.17. The number of pyridine rings is 1. The minimum atomic E-state index is -2.82. The van der Waals surface area contributed by atoms with Gasteiger partial charge in [0.05, 0.1) is 17.2 Å². The molecule has 0 bridgehead atoms. The topological polar surface area (TPSA) is 39.2 Å². The number of rotatable bonds is 3. The van der Waals surface area contributed by atoms with Crippen LogP contribution in [-0.4, -0.2) is 17.6 Å². The number of alkyl halides is 2. The molecule has 0 N–H and O–H groups in total. The van der Waals surface area contributed by atoms with Crippen molar-refractivity contribution in [3.05, 3.63) is 26.0 Å². The first-order valence-electron chi connectivity index (χ1n) is 4.28. The molecule has 16 heavy (non-hydrogen) atoms. The molecule has 3 nitrogen and oxygen atoms in total. The van der Waals surface area contributed by atoms with Crippen molar-refractivity contribution in [3.8, 4) is 0 Å². The Kier molecular flexibility index (Phi) is 4.85. The van der Waals surface area contributed by atoms with Gasteiger partial charge in [0, 0.05) is 9.77 Å². The van der Waals surface area contributed by atoms with Crippen molar-refractivity contribution >= 4 is 40.2 Å². The first-order valence-corrected chi connectivity index (χ1v) is 5.73. The van der Waals surface area contributed by atoms with Crippen LogP contribution in [0.4, 0.5) is 8.78 Å². The highest BCUT2D eigenvalue weighted by molar-refractivity contribution is 14.1. The molecule has 0 aliphatic carbocycles. The van der Waals surface area contributed by atoms with E-state index in [1.54, 1.807) is 29.5 Å². The Labute approximate surface area is 109 Å². The highest BCUT2D eigenvalue weighted by Crippen LogP contribution is 2.30. The number of esters is 1. The van der Waals surface area contributed by atoms with Crippen LogP contribution in [0.25, 0.3) is 0 Å². The van der Waals surface area contributed by atoms with Gasteiger partial charge in [-0.3, -0.25) is 4.98 Å². The molecule has 0 radical (unpaired) electrons. The van der Waals surface area contributed by atoms with E-state index in [2.05, 4.69) is 4.98 Å². The summed E-state index contributed by atoms with van der Waals surface area (Å²) in [6, 6.07) is 0. The molecule has 0 atom stereocenters. The molecule has 0 aliphatic rings. The summed E-state index contributed by atoms with van der Waals surface area (Å²) >= 11 is 7.48. The first kappa shape index (κ1) is 13.6. The average molecular weight is 362 g/mol. The van der Waals surface area contributed by atoms with Crippen LogP contribution in [0.1, 0.15) is 29.4 Å². The Hall–Kier alpha value is -0.500. The molecule has 0 aromatic carbocycles. The second-order valence-electron chi connectivity index (χ2n) is 2.70. The van der Waals surface area contributed by atoms with Gasteiger partial charge in [0.25, 0.3) is 6.43 Å². The molecule has 0 aliphatic heterocycles. The quantitative estimate of drug-likeness (QED) is 0.611. The fraction of sp³-hybridized carbons (Fsp3) is 0.333. The predicted molar refractivity (Wildman–Crippen MR) is 62.9 cm³/mol. The van der Waals surface area contributed by atoms with E-state index < -0.39 is 18.1 Å². The number of hydrogen-bond donors (Lipinski definition) is 0. The molecule has 0 saturated carbocycles. The van der Waals surface area contributed by atoms with Gasteiger partial charge in [0.1, 0.15) is 5.69 Å². The molecule has 0 amide bonds. The molecule has 1 heterocycles. The molecule has 1 aromatic heterocycles. The molecule has 1 aromatic rings. The van der Waals surface area contributed by atoms with Crippen LogP contribution in [0.2, 0.25) is 5.02 Å². The molecule has 7 heteroatoms. The van der Waals surface area contributed by atoms with E-state index in [0.29, 0.717) is 3.57 Å². The van der Waals surface area contributed by atoms with Crippen molar-refractivity contribution in [3.63, 3.8) is 0 Å². The van der Waals surface area contributed by atoms with Crippen LogP contribution in [0.3, 0.4) is 0 Å². The van der Waals surface area contributed by atoms with E-state index in [1.807, 2.05) is 0 Å². The number of carbonyl (C=O) groups is 1. The summed E-state index contributed by atoms with van der Waals surface area (Å²) < 4.78 is 30.1. The van der Waals surface area contributed by atoms with E-state index in [4.69, 9.17) is 16.3 Å². The SMILES string of the molecule is CCOC(=O)c1c(I)cnc(C(F)F)c1Cl. The number of hydrogen-bond acceptors (Lipinski definition) is 3. The number of ether oxygens (including phenoxy) is 1. The zero-order chi connectivity index (χ0) is 12.3. The van der Waals surface area contributed by atoms with Crippen LogP contribution in [0, 0.1) is 3.57 Å². The van der Waals surface area contributed by atoms with Crippen LogP contribution in [0.15, 0.2) is 6.20 Å². The fourth-order valence-corrected chi connectivity index (χ4v) is 2.12. The van der Waals surface area contributed by atoms with Gasteiger partial charge in [-0.1, -0.05) is 11.6 Å². The maximum Gasteiger partial charge on any atom is 0.340 e. The Morgan fingerprint density at radius 1 is 1.69 bits per heavy atom. The van der Waals surface area contributed by atoms with Gasteiger partial charge in [0.2, 0.25) is 0 Å². The second kappa shape index (κ2) is 5.72. The normalized spacial score (nSPS) is 10.6. The van der Waals surface area contributed by atoms with Crippen molar-refractivity contribution in [1.82, 2.24) is 4.98 Å². The van der Waals surface area contributed by atoms with Crippen molar-refractivity contribution in [1.29, 1.82) is 0 Å². The zero-order valence-electron chi connectivity index (χ0n) is 8.14. The summed E-state index contributed by atoms with van der Waals surface area (Å²) in [5.74, 6) is -0.721. The monoisotopic (exact) mass is 361 g/mol. The van der Waals surface area contributed by atoms with E-state index in [9.17, 15) is 13.6 Å². The third-order valence-corrected chi connectivity index (χ3v) is 2.89. The molecular formula is C9H7ClF2INO2. The van der Waals surface area contributed by atoms with Crippen LogP contribution < -0.4 is 0 Å². The van der Waals surface area contributed by atoms with Gasteiger partial charge in [-0.05, 0) is 29.5 Å². The highest BCUT2D eigenvalue weighted by atomic mass is 127. The molecule has 0 spiro atoms. The number of aromatic nitrogens is 1. The first-order chi connectivity index (χ1) is 7.49. The molecule has 0 fully saturated rings. The van der Waals surface area contributed by atoms with Gasteiger partial charge >= 0.3 is 5.97 Å². The maximum absolute atomic E-state index is 12.5. The Morgan fingerprint density at radius 2 is 2.31 bits per heavy atom. The number of halogens is 4. The summed E-state index contributed by atoms with van der Waals surface area (Å²) in [5.41, 5.74) is -0.667. The molecule has 0 unspecified atom stereocenters. The van der Waals surface area contributed by atoms with E-state index in [1.165, 1.54) is 6.20 Å². The lowest BCUT2D eigenvalue weighted by Gasteiger charge is -2.09. The Morgan fingerprint density at radius 3 is 2.81 bits per heavy atom. The lowest BCUT2D eigenvalue weighted by molar-refractivity contribution is 0.0524. The Bertz CT molecular complexity index is 415. The van der Waals surface area contributed by atoms with Gasteiger partial charge in [-0.2, -0.15) is 0 Å². The second-order valence-corrected chi connectivity index (χ2v) is 4.24. The fourth-order valence-electron chi connectivity index (χ4n) is 1.02. The third kappa shape index (κ3) is 2.79. The summed E-state index contributed by atoms with van der Waals surface area (Å²) in [4.78, 5) is 15.0. The standard InChI is InChI=1S/C9H7ClF2INO2/c1-2-16-9(15)5-4(13)3-14-7(6(5)10)8(11)12/h3,8H,2H2,1H3. The molecule has 0 saturated heterocycles. The Balaban J connectivity index is 3.26. The zero-order valence-corrected chi connectivity index (χ0v) is 11.1. The summed E-state index contributed by atoms with van der Waals surface area (Å²) in [6.07, 6.45) is -1.65. The van der Waals surface area contributed by atoms with Crippen molar-refractivity contribution in [2.75, 3.05) is 6.61 Å². The van der Waals surface area contributed by atoms with E-state index in [0.717, 1.165) is 0 Å². The summed E-state index contributed by atoms with van der Waals surface area (Å²) in [5, 5.41) is -0.347. The largest absolute Gasteiger partial charge is 0.462 e. The number of carbonyl (C=O) groups excluding carboxylic acids is 1. The van der Waals surface area contributed by atoms with E-state index >= 15 is 0 Å². The minimum Gasteiger partial charge on any atom is -0.462 e. The van der Waals surface area contributed by atoms with Gasteiger partial charge in [-0.15, -0.1) is 0 Å². The van der Waals surface area contributed by atoms with Crippen LogP contribution in [-0.2, 0) is 4.74 Å². The molecule has 1 rings (SSSR count). The third-order valence-electron chi connectivity index (χ3n) is 1.69. The van der Waals surface area contributed by atoms with Gasteiger partial charge in [-0.25, -0.2) is 13.6 Å². The number of nitrogens with zero attached hydrogens (tertiary/aromatic N) is 1. The molecule has 88 valence electrons. The van der Waals surface area contributed by atoms with Crippen molar-refractivity contribution in [2.24, 2.45) is 0 Å². The van der Waals surface area contributed by atoms with Crippen molar-refractivity contribution < 1.29 is 18.3 Å². The minimum absolute atomic E-state index is 0.0607. The maximum atomic E-state index is 12.5. The lowest BCUT2D eigenvalue weighted by Crippen LogP contribution is -2.10. The van der Waals surface area contributed by atoms with Gasteiger partial charge < -0.3 is 4.74 Å². The highest BCUT2D eigenvalue weighted by Gasteiger charge is 2.23. The summed E-state index contributed by atoms with van der Waals surface area (Å²) in [7, 11) is 0. The lowest BCUT2D eigenvalue weighted by atomic mass is 10.2. The molecular weight excluding hydrogens is 354 g/mol. The summed E-state index contributed by atoms with van der Waals surface area (Å²) in [6.45, 7) is 1.77. The van der Waals surface area contributed by atoms with Crippen molar-refractivity contribution in [2.45, 2.75) is 13.3 Å². The van der Waals surface area contributed by atoms with E-state index in [-0.39, 0.29) is 17.2 Å². The van der Waals surface area contributed by atoms with Crippen LogP contribution >= 0.6 is 34.2 Å². The van der Waals surface area contributed by atoms with Crippen LogP contribution in [0.5, 0.6) is 0 Å².